The van der Waals surface area contributed by atoms with Gasteiger partial charge in [0, 0.05) is 25.8 Å². The smallest absolute Gasteiger partial charge is 0.271 e. The number of carbonyl (C=O) groups is 1. The molecule has 1 amide bonds. The normalized spacial score (nSPS) is 32.9. The fourth-order valence-corrected chi connectivity index (χ4v) is 5.69. The number of benzene rings is 1. The van der Waals surface area contributed by atoms with E-state index in [1.807, 2.05) is 44.1 Å². The number of aliphatic hydroxyl groups excluding tert-OH is 2. The van der Waals surface area contributed by atoms with E-state index in [4.69, 9.17) is 4.74 Å². The first-order valence-corrected chi connectivity index (χ1v) is 11.7. The minimum absolute atomic E-state index is 0.0513. The number of nitrogens with one attached hydrogen (secondary N) is 1. The molecule has 3 heterocycles. The Kier molecular flexibility index (Phi) is 6.64. The molecule has 2 bridgehead atoms. The number of nitrogens with zero attached hydrogens (tertiary/aromatic N) is 3. The number of carbonyl (C=O) groups excluding carboxylic acids is 1. The maximum Gasteiger partial charge on any atom is 0.271 e. The average Bonchev–Trinajstić information content (AvgIpc) is 3.20. The summed E-state index contributed by atoms with van der Waals surface area (Å²) in [4.78, 5) is 18.7. The van der Waals surface area contributed by atoms with Gasteiger partial charge in [-0.1, -0.05) is 30.3 Å². The van der Waals surface area contributed by atoms with Gasteiger partial charge in [0.15, 0.2) is 0 Å². The van der Waals surface area contributed by atoms with Crippen LogP contribution in [0.4, 0.5) is 0 Å². The van der Waals surface area contributed by atoms with Crippen LogP contribution in [-0.2, 0) is 11.8 Å². The Bertz CT molecular complexity index is 964. The first-order valence-electron chi connectivity index (χ1n) is 11.7. The first-order chi connectivity index (χ1) is 15.6. The fraction of sp³-hybridized carbons (Fsp3) is 0.600. The van der Waals surface area contributed by atoms with Crippen LogP contribution < -0.4 is 5.32 Å². The van der Waals surface area contributed by atoms with Crippen LogP contribution in [0.1, 0.15) is 54.6 Å². The number of aromatic nitrogens is 2. The molecule has 33 heavy (non-hydrogen) atoms. The van der Waals surface area contributed by atoms with E-state index in [9.17, 15) is 15.0 Å². The Labute approximate surface area is 195 Å². The number of amides is 1. The fourth-order valence-electron chi connectivity index (χ4n) is 5.69. The summed E-state index contributed by atoms with van der Waals surface area (Å²) in [5.74, 6) is -0.203. The highest BCUT2D eigenvalue weighted by Crippen LogP contribution is 2.51. The van der Waals surface area contributed by atoms with Crippen LogP contribution in [0.2, 0.25) is 0 Å². The molecule has 8 heteroatoms. The lowest BCUT2D eigenvalue weighted by Gasteiger charge is -2.52. The number of hydrogen-bond acceptors (Lipinski definition) is 6. The van der Waals surface area contributed by atoms with Crippen LogP contribution in [0.5, 0.6) is 0 Å². The summed E-state index contributed by atoms with van der Waals surface area (Å²) in [5, 5.41) is 25.6. The Morgan fingerprint density at radius 3 is 2.70 bits per heavy atom. The van der Waals surface area contributed by atoms with E-state index in [1.165, 1.54) is 5.56 Å². The molecule has 6 atom stereocenters. The van der Waals surface area contributed by atoms with Crippen LogP contribution in [0.25, 0.3) is 0 Å². The zero-order chi connectivity index (χ0) is 23.8. The van der Waals surface area contributed by atoms with Gasteiger partial charge in [0.1, 0.15) is 11.8 Å². The zero-order valence-corrected chi connectivity index (χ0v) is 19.9. The maximum absolute atomic E-state index is 12.5. The van der Waals surface area contributed by atoms with Crippen molar-refractivity contribution in [3.8, 4) is 0 Å². The van der Waals surface area contributed by atoms with Crippen LogP contribution in [0, 0.1) is 0 Å². The molecule has 0 saturated carbocycles. The SMILES string of the molecule is CN(C)[C@@H]1CC[C@@]2([C@@H](O)CNC(=O)c3cn(C)cn3)C[C@H](c3ccccc3)C[C@](C)(O2)[C@H]1O. The highest BCUT2D eigenvalue weighted by atomic mass is 16.6. The summed E-state index contributed by atoms with van der Waals surface area (Å²) in [6.45, 7) is 2.01. The van der Waals surface area contributed by atoms with Crippen LogP contribution in [0.3, 0.4) is 0 Å². The number of aryl methyl sites for hydroxylation is 1. The van der Waals surface area contributed by atoms with Crippen molar-refractivity contribution in [2.45, 2.75) is 68.0 Å². The van der Waals surface area contributed by atoms with Gasteiger partial charge in [-0.05, 0) is 58.2 Å². The lowest BCUT2D eigenvalue weighted by Crippen LogP contribution is -2.61. The van der Waals surface area contributed by atoms with E-state index >= 15 is 0 Å². The summed E-state index contributed by atoms with van der Waals surface area (Å²) in [6, 6.07) is 10.2. The van der Waals surface area contributed by atoms with E-state index in [-0.39, 0.29) is 24.4 Å². The number of likely N-dealkylation sites (N-methyl/N-ethyl adjacent to an activating group) is 1. The molecule has 2 saturated heterocycles. The molecule has 1 aromatic carbocycles. The van der Waals surface area contributed by atoms with Crippen LogP contribution in [-0.4, -0.2) is 80.7 Å². The third-order valence-electron chi connectivity index (χ3n) is 7.47. The number of fused-ring (bicyclic) bond motifs is 2. The van der Waals surface area contributed by atoms with Gasteiger partial charge in [-0.25, -0.2) is 4.98 Å². The quantitative estimate of drug-likeness (QED) is 0.612. The van der Waals surface area contributed by atoms with Crippen molar-refractivity contribution in [3.05, 3.63) is 54.1 Å². The summed E-state index contributed by atoms with van der Waals surface area (Å²) >= 11 is 0. The molecule has 0 radical (unpaired) electrons. The van der Waals surface area contributed by atoms with Crippen LogP contribution >= 0.6 is 0 Å². The molecule has 2 fully saturated rings. The largest absolute Gasteiger partial charge is 0.388 e. The summed E-state index contributed by atoms with van der Waals surface area (Å²) in [6.07, 6.45) is 4.15. The number of ether oxygens (including phenoxy) is 1. The van der Waals surface area contributed by atoms with E-state index < -0.39 is 23.4 Å². The van der Waals surface area contributed by atoms with Crippen molar-refractivity contribution in [1.82, 2.24) is 19.8 Å². The van der Waals surface area contributed by atoms with Gasteiger partial charge < -0.3 is 29.7 Å². The number of rotatable bonds is 6. The molecule has 180 valence electrons. The molecule has 0 unspecified atom stereocenters. The molecular weight excluding hydrogens is 420 g/mol. The van der Waals surface area contributed by atoms with Crippen molar-refractivity contribution in [2.24, 2.45) is 7.05 Å². The zero-order valence-electron chi connectivity index (χ0n) is 19.9. The van der Waals surface area contributed by atoms with Gasteiger partial charge in [-0.15, -0.1) is 0 Å². The standard InChI is InChI=1S/C25H36N4O4/c1-24-12-18(17-8-6-5-7-9-17)13-25(33-24,11-10-20(22(24)31)28(2)3)21(30)14-26-23(32)19-15-29(4)16-27-19/h5-9,15-16,18,20-22,30-31H,10-14H2,1-4H3,(H,26,32)/t18-,20-,21+,22+,24+,25+/m1/s1. The van der Waals surface area contributed by atoms with Crippen molar-refractivity contribution < 1.29 is 19.7 Å². The Morgan fingerprint density at radius 1 is 1.33 bits per heavy atom. The van der Waals surface area contributed by atoms with Crippen molar-refractivity contribution in [3.63, 3.8) is 0 Å². The topological polar surface area (TPSA) is 99.9 Å². The van der Waals surface area contributed by atoms with E-state index in [2.05, 4.69) is 22.4 Å². The molecule has 0 spiro atoms. The molecular formula is C25H36N4O4. The van der Waals surface area contributed by atoms with Gasteiger partial charge in [0.25, 0.3) is 5.91 Å². The second-order valence-corrected chi connectivity index (χ2v) is 10.2. The summed E-state index contributed by atoms with van der Waals surface area (Å²) in [7, 11) is 5.74. The summed E-state index contributed by atoms with van der Waals surface area (Å²) in [5.41, 5.74) is -0.216. The molecule has 1 aromatic heterocycles. The van der Waals surface area contributed by atoms with Gasteiger partial charge in [-0.3, -0.25) is 4.79 Å². The molecule has 3 N–H and O–H groups in total. The highest BCUT2D eigenvalue weighted by molar-refractivity contribution is 5.92. The number of imidazole rings is 1. The average molecular weight is 457 g/mol. The van der Waals surface area contributed by atoms with Crippen molar-refractivity contribution >= 4 is 5.91 Å². The lowest BCUT2D eigenvalue weighted by molar-refractivity contribution is -0.250. The predicted octanol–water partition coefficient (Wildman–Crippen LogP) is 1.69. The maximum atomic E-state index is 12.5. The minimum Gasteiger partial charge on any atom is -0.388 e. The molecule has 2 aliphatic rings. The lowest BCUT2D eigenvalue weighted by atomic mass is 9.72. The minimum atomic E-state index is -0.927. The second-order valence-electron chi connectivity index (χ2n) is 10.2. The van der Waals surface area contributed by atoms with Crippen molar-refractivity contribution in [1.29, 1.82) is 0 Å². The van der Waals surface area contributed by atoms with Crippen molar-refractivity contribution in [2.75, 3.05) is 20.6 Å². The highest BCUT2D eigenvalue weighted by Gasteiger charge is 2.57. The van der Waals surface area contributed by atoms with Gasteiger partial charge >= 0.3 is 0 Å². The molecule has 0 aliphatic carbocycles. The Morgan fingerprint density at radius 2 is 2.06 bits per heavy atom. The number of aliphatic hydroxyl groups is 2. The Hall–Kier alpha value is -2.26. The third-order valence-corrected chi connectivity index (χ3v) is 7.47. The monoisotopic (exact) mass is 456 g/mol. The predicted molar refractivity (Wildman–Crippen MR) is 125 cm³/mol. The first kappa shape index (κ1) is 23.9. The molecule has 2 aromatic rings. The van der Waals surface area contributed by atoms with E-state index in [1.54, 1.807) is 24.1 Å². The summed E-state index contributed by atoms with van der Waals surface area (Å²) < 4.78 is 8.38. The van der Waals surface area contributed by atoms with E-state index in [0.717, 1.165) is 0 Å². The second kappa shape index (κ2) is 9.18. The molecule has 4 rings (SSSR count). The molecule has 8 nitrogen and oxygen atoms in total. The van der Waals surface area contributed by atoms with Gasteiger partial charge in [0.05, 0.1) is 23.6 Å². The van der Waals surface area contributed by atoms with Crippen LogP contribution in [0.15, 0.2) is 42.9 Å². The molecule has 2 aliphatic heterocycles. The van der Waals surface area contributed by atoms with Gasteiger partial charge in [-0.2, -0.15) is 0 Å². The van der Waals surface area contributed by atoms with Gasteiger partial charge in [0.2, 0.25) is 0 Å². The third kappa shape index (κ3) is 4.71. The number of hydrogen-bond donors (Lipinski definition) is 3. The van der Waals surface area contributed by atoms with E-state index in [0.29, 0.717) is 31.4 Å². The Balaban J connectivity index is 1.61.